The van der Waals surface area contributed by atoms with Crippen LogP contribution in [0.1, 0.15) is 0 Å². The van der Waals surface area contributed by atoms with E-state index in [1.54, 1.807) is 0 Å². The zero-order valence-electron chi connectivity index (χ0n) is 9.04. The van der Waals surface area contributed by atoms with Crippen molar-refractivity contribution in [3.63, 3.8) is 0 Å². The fourth-order valence-corrected chi connectivity index (χ4v) is 2.82. The van der Waals surface area contributed by atoms with Crippen molar-refractivity contribution in [3.05, 3.63) is 47.7 Å². The normalized spacial score (nSPS) is 11.2. The maximum absolute atomic E-state index is 12.0. The van der Waals surface area contributed by atoms with Crippen molar-refractivity contribution >= 4 is 27.3 Å². The van der Waals surface area contributed by atoms with Crippen molar-refractivity contribution < 1.29 is 13.5 Å². The van der Waals surface area contributed by atoms with Crippen LogP contribution < -0.4 is 4.72 Å². The van der Waals surface area contributed by atoms with E-state index in [1.165, 1.54) is 42.6 Å². The molecule has 18 heavy (non-hydrogen) atoms. The fourth-order valence-electron chi connectivity index (χ4n) is 1.31. The van der Waals surface area contributed by atoms with Crippen LogP contribution in [0.15, 0.2) is 47.5 Å². The SMILES string of the molecule is O=S(=O)(Nc1ccc(O)cc1)c1cccnc1Cl. The quantitative estimate of drug-likeness (QED) is 0.669. The monoisotopic (exact) mass is 284 g/mol. The van der Waals surface area contributed by atoms with Gasteiger partial charge in [-0.15, -0.1) is 0 Å². The van der Waals surface area contributed by atoms with E-state index in [4.69, 9.17) is 16.7 Å². The molecule has 5 nitrogen and oxygen atoms in total. The highest BCUT2D eigenvalue weighted by Crippen LogP contribution is 2.22. The summed E-state index contributed by atoms with van der Waals surface area (Å²) in [6.45, 7) is 0. The molecule has 2 rings (SSSR count). The van der Waals surface area contributed by atoms with Crippen LogP contribution in [0.25, 0.3) is 0 Å². The lowest BCUT2D eigenvalue weighted by molar-refractivity contribution is 0.475. The number of benzene rings is 1. The maximum atomic E-state index is 12.0. The first-order valence-electron chi connectivity index (χ1n) is 4.91. The first-order chi connectivity index (χ1) is 8.49. The molecule has 0 aliphatic rings. The second-order valence-corrected chi connectivity index (χ2v) is 5.45. The van der Waals surface area contributed by atoms with Crippen LogP contribution >= 0.6 is 11.6 Å². The molecular formula is C11H9ClN2O3S. The lowest BCUT2D eigenvalue weighted by Crippen LogP contribution is -2.13. The summed E-state index contributed by atoms with van der Waals surface area (Å²) in [5.74, 6) is 0.0531. The summed E-state index contributed by atoms with van der Waals surface area (Å²) in [7, 11) is -3.78. The largest absolute Gasteiger partial charge is 0.508 e. The van der Waals surface area contributed by atoms with Gasteiger partial charge in [0, 0.05) is 11.9 Å². The third kappa shape index (κ3) is 2.72. The second kappa shape index (κ2) is 4.83. The van der Waals surface area contributed by atoms with Crippen LogP contribution in [0.2, 0.25) is 5.15 Å². The van der Waals surface area contributed by atoms with Crippen molar-refractivity contribution in [2.75, 3.05) is 4.72 Å². The Morgan fingerprint density at radius 1 is 1.17 bits per heavy atom. The molecular weight excluding hydrogens is 276 g/mol. The molecule has 94 valence electrons. The van der Waals surface area contributed by atoms with Crippen LogP contribution in [0.5, 0.6) is 5.75 Å². The lowest BCUT2D eigenvalue weighted by atomic mass is 10.3. The van der Waals surface area contributed by atoms with E-state index in [0.717, 1.165) is 0 Å². The first-order valence-corrected chi connectivity index (χ1v) is 6.77. The van der Waals surface area contributed by atoms with Crippen LogP contribution in [-0.4, -0.2) is 18.5 Å². The number of aromatic hydroxyl groups is 1. The molecule has 0 saturated heterocycles. The summed E-state index contributed by atoms with van der Waals surface area (Å²) in [5.41, 5.74) is 0.327. The summed E-state index contributed by atoms with van der Waals surface area (Å²) < 4.78 is 26.4. The third-order valence-corrected chi connectivity index (χ3v) is 3.96. The highest BCUT2D eigenvalue weighted by atomic mass is 35.5. The summed E-state index contributed by atoms with van der Waals surface area (Å²) >= 11 is 5.73. The van der Waals surface area contributed by atoms with Crippen LogP contribution in [0, 0.1) is 0 Å². The Balaban J connectivity index is 2.33. The predicted octanol–water partition coefficient (Wildman–Crippen LogP) is 2.24. The van der Waals surface area contributed by atoms with Crippen molar-refractivity contribution in [2.45, 2.75) is 4.90 Å². The van der Waals surface area contributed by atoms with E-state index in [-0.39, 0.29) is 15.8 Å². The van der Waals surface area contributed by atoms with Crippen molar-refractivity contribution in [1.29, 1.82) is 0 Å². The number of anilines is 1. The number of rotatable bonds is 3. The zero-order valence-corrected chi connectivity index (χ0v) is 10.6. The van der Waals surface area contributed by atoms with E-state index in [9.17, 15) is 8.42 Å². The Labute approximate surface area is 109 Å². The molecule has 1 aromatic carbocycles. The lowest BCUT2D eigenvalue weighted by Gasteiger charge is -2.08. The van der Waals surface area contributed by atoms with Gasteiger partial charge >= 0.3 is 0 Å². The van der Waals surface area contributed by atoms with Crippen LogP contribution in [-0.2, 0) is 10.0 Å². The molecule has 2 N–H and O–H groups in total. The predicted molar refractivity (Wildman–Crippen MR) is 68.2 cm³/mol. The van der Waals surface area contributed by atoms with E-state index in [1.807, 2.05) is 0 Å². The zero-order chi connectivity index (χ0) is 13.2. The average Bonchev–Trinajstić information content (AvgIpc) is 2.32. The number of sulfonamides is 1. The number of hydrogen-bond acceptors (Lipinski definition) is 4. The first kappa shape index (κ1) is 12.7. The molecule has 2 aromatic rings. The minimum absolute atomic E-state index is 0.0531. The minimum atomic E-state index is -3.78. The summed E-state index contributed by atoms with van der Waals surface area (Å²) in [6.07, 6.45) is 1.40. The van der Waals surface area contributed by atoms with Gasteiger partial charge in [-0.05, 0) is 36.4 Å². The number of nitrogens with one attached hydrogen (secondary N) is 1. The molecule has 0 radical (unpaired) electrons. The van der Waals surface area contributed by atoms with Gasteiger partial charge in [-0.1, -0.05) is 11.6 Å². The standard InChI is InChI=1S/C11H9ClN2O3S/c12-11-10(2-1-7-13-11)18(16,17)14-8-3-5-9(15)6-4-8/h1-7,14-15H. The topological polar surface area (TPSA) is 79.3 Å². The fraction of sp³-hybridized carbons (Fsp3) is 0. The number of phenolic OH excluding ortho intramolecular Hbond substituents is 1. The smallest absolute Gasteiger partial charge is 0.264 e. The molecule has 0 spiro atoms. The van der Waals surface area contributed by atoms with Gasteiger partial charge < -0.3 is 5.11 Å². The molecule has 0 amide bonds. The number of aromatic nitrogens is 1. The summed E-state index contributed by atoms with van der Waals surface area (Å²) in [6, 6.07) is 8.48. The Bertz CT molecular complexity index is 656. The van der Waals surface area contributed by atoms with Gasteiger partial charge in [0.1, 0.15) is 15.8 Å². The molecule has 0 aliphatic carbocycles. The van der Waals surface area contributed by atoms with Crippen LogP contribution in [0.4, 0.5) is 5.69 Å². The Morgan fingerprint density at radius 3 is 2.44 bits per heavy atom. The van der Waals surface area contributed by atoms with Gasteiger partial charge in [0.25, 0.3) is 10.0 Å². The highest BCUT2D eigenvalue weighted by Gasteiger charge is 2.18. The molecule has 1 aromatic heterocycles. The summed E-state index contributed by atoms with van der Waals surface area (Å²) in [4.78, 5) is 3.61. The second-order valence-electron chi connectivity index (χ2n) is 3.44. The van der Waals surface area contributed by atoms with Crippen molar-refractivity contribution in [3.8, 4) is 5.75 Å². The number of halogens is 1. The summed E-state index contributed by atoms with van der Waals surface area (Å²) in [5, 5.41) is 9.01. The Morgan fingerprint density at radius 2 is 1.83 bits per heavy atom. The minimum Gasteiger partial charge on any atom is -0.508 e. The number of pyridine rings is 1. The molecule has 0 unspecified atom stereocenters. The third-order valence-electron chi connectivity index (χ3n) is 2.13. The molecule has 7 heteroatoms. The van der Waals surface area contributed by atoms with Gasteiger partial charge in [0.05, 0.1) is 0 Å². The number of phenols is 1. The number of hydrogen-bond donors (Lipinski definition) is 2. The molecule has 1 heterocycles. The highest BCUT2D eigenvalue weighted by molar-refractivity contribution is 7.92. The Kier molecular flexibility index (Phi) is 3.40. The van der Waals surface area contributed by atoms with Gasteiger partial charge in [-0.25, -0.2) is 13.4 Å². The van der Waals surface area contributed by atoms with Gasteiger partial charge in [-0.3, -0.25) is 4.72 Å². The van der Waals surface area contributed by atoms with Crippen molar-refractivity contribution in [2.24, 2.45) is 0 Å². The van der Waals surface area contributed by atoms with Gasteiger partial charge in [-0.2, -0.15) is 0 Å². The molecule has 0 saturated carbocycles. The number of nitrogens with zero attached hydrogens (tertiary/aromatic N) is 1. The molecule has 0 bridgehead atoms. The van der Waals surface area contributed by atoms with Gasteiger partial charge in [0.15, 0.2) is 0 Å². The molecule has 0 atom stereocenters. The van der Waals surface area contributed by atoms with E-state index in [2.05, 4.69) is 9.71 Å². The molecule has 0 fully saturated rings. The van der Waals surface area contributed by atoms with Crippen LogP contribution in [0.3, 0.4) is 0 Å². The molecule has 0 aliphatic heterocycles. The van der Waals surface area contributed by atoms with Crippen molar-refractivity contribution in [1.82, 2.24) is 4.98 Å². The average molecular weight is 285 g/mol. The van der Waals surface area contributed by atoms with E-state index < -0.39 is 10.0 Å². The van der Waals surface area contributed by atoms with Gasteiger partial charge in [0.2, 0.25) is 0 Å². The van der Waals surface area contributed by atoms with E-state index >= 15 is 0 Å². The Hall–Kier alpha value is -1.79. The van der Waals surface area contributed by atoms with E-state index in [0.29, 0.717) is 5.69 Å². The maximum Gasteiger partial charge on any atom is 0.264 e.